The maximum Gasteiger partial charge on any atom is 0.371 e. The second kappa shape index (κ2) is 2.66. The van der Waals surface area contributed by atoms with Crippen LogP contribution in [0.15, 0.2) is 22.6 Å². The molecule has 76 valence electrons. The standard InChI is InChI=1S/C10H6O5/c11-10(12)7-3-5-1-2-6-9(8(5)15-7)14-4-13-6/h1-3H,4H2,(H,11,12). The van der Waals surface area contributed by atoms with Gasteiger partial charge in [-0.25, -0.2) is 4.79 Å². The molecule has 1 aromatic carbocycles. The molecule has 3 rings (SSSR count). The molecule has 1 aliphatic heterocycles. The number of hydrogen-bond donors (Lipinski definition) is 1. The van der Waals surface area contributed by atoms with Crippen molar-refractivity contribution >= 4 is 16.9 Å². The lowest BCUT2D eigenvalue weighted by Gasteiger charge is -1.94. The second-order valence-electron chi connectivity index (χ2n) is 3.13. The van der Waals surface area contributed by atoms with Gasteiger partial charge in [0.25, 0.3) is 0 Å². The number of hydrogen-bond acceptors (Lipinski definition) is 4. The minimum absolute atomic E-state index is 0.103. The quantitative estimate of drug-likeness (QED) is 0.771. The fourth-order valence-electron chi connectivity index (χ4n) is 1.57. The highest BCUT2D eigenvalue weighted by Crippen LogP contribution is 2.40. The Kier molecular flexibility index (Phi) is 1.45. The first-order chi connectivity index (χ1) is 7.25. The number of furan rings is 1. The van der Waals surface area contributed by atoms with Crippen LogP contribution in [0, 0.1) is 0 Å². The summed E-state index contributed by atoms with van der Waals surface area (Å²) in [7, 11) is 0. The third-order valence-corrected chi connectivity index (χ3v) is 2.23. The number of rotatable bonds is 1. The summed E-state index contributed by atoms with van der Waals surface area (Å²) in [6, 6.07) is 4.92. The number of fused-ring (bicyclic) bond motifs is 3. The van der Waals surface area contributed by atoms with Gasteiger partial charge in [0.1, 0.15) is 0 Å². The maximum absolute atomic E-state index is 10.7. The molecule has 0 unspecified atom stereocenters. The normalized spacial score (nSPS) is 13.3. The number of carbonyl (C=O) groups is 1. The van der Waals surface area contributed by atoms with Crippen LogP contribution in [0.5, 0.6) is 11.5 Å². The van der Waals surface area contributed by atoms with Crippen LogP contribution in [0.25, 0.3) is 11.0 Å². The number of aromatic carboxylic acids is 1. The third kappa shape index (κ3) is 1.06. The third-order valence-electron chi connectivity index (χ3n) is 2.23. The van der Waals surface area contributed by atoms with Gasteiger partial charge in [0.15, 0.2) is 11.3 Å². The van der Waals surface area contributed by atoms with Gasteiger partial charge in [-0.1, -0.05) is 0 Å². The minimum atomic E-state index is -1.10. The van der Waals surface area contributed by atoms with Gasteiger partial charge in [0.2, 0.25) is 18.3 Å². The van der Waals surface area contributed by atoms with E-state index < -0.39 is 5.97 Å². The number of benzene rings is 1. The number of carboxylic acids is 1. The Balaban J connectivity index is 2.31. The molecule has 0 spiro atoms. The summed E-state index contributed by atoms with van der Waals surface area (Å²) in [6.07, 6.45) is 0. The van der Waals surface area contributed by atoms with Crippen molar-refractivity contribution < 1.29 is 23.8 Å². The average molecular weight is 206 g/mol. The van der Waals surface area contributed by atoms with Gasteiger partial charge in [-0.2, -0.15) is 0 Å². The van der Waals surface area contributed by atoms with Crippen LogP contribution in [0.3, 0.4) is 0 Å². The van der Waals surface area contributed by atoms with Crippen LogP contribution < -0.4 is 9.47 Å². The lowest BCUT2D eigenvalue weighted by atomic mass is 10.2. The molecular weight excluding hydrogens is 200 g/mol. The molecule has 0 bridgehead atoms. The van der Waals surface area contributed by atoms with E-state index in [1.165, 1.54) is 6.07 Å². The molecule has 0 saturated carbocycles. The Labute approximate surface area is 83.8 Å². The molecule has 0 fully saturated rings. The monoisotopic (exact) mass is 206 g/mol. The van der Waals surface area contributed by atoms with Crippen LogP contribution in [0.1, 0.15) is 10.6 Å². The summed E-state index contributed by atoms with van der Waals surface area (Å²) in [6.45, 7) is 0.136. The van der Waals surface area contributed by atoms with Gasteiger partial charge in [-0.3, -0.25) is 0 Å². The van der Waals surface area contributed by atoms with Gasteiger partial charge in [0.05, 0.1) is 0 Å². The highest BCUT2D eigenvalue weighted by atomic mass is 16.7. The van der Waals surface area contributed by atoms with Crippen molar-refractivity contribution in [2.45, 2.75) is 0 Å². The average Bonchev–Trinajstić information content (AvgIpc) is 2.82. The van der Waals surface area contributed by atoms with Gasteiger partial charge >= 0.3 is 5.97 Å². The molecule has 1 N–H and O–H groups in total. The largest absolute Gasteiger partial charge is 0.475 e. The van der Waals surface area contributed by atoms with Crippen molar-refractivity contribution in [3.8, 4) is 11.5 Å². The van der Waals surface area contributed by atoms with E-state index in [1.54, 1.807) is 12.1 Å². The van der Waals surface area contributed by atoms with E-state index in [0.29, 0.717) is 22.5 Å². The highest BCUT2D eigenvalue weighted by Gasteiger charge is 2.21. The Morgan fingerprint density at radius 2 is 2.20 bits per heavy atom. The Morgan fingerprint density at radius 3 is 3.00 bits per heavy atom. The van der Waals surface area contributed by atoms with E-state index in [2.05, 4.69) is 0 Å². The summed E-state index contributed by atoms with van der Waals surface area (Å²) in [5.74, 6) is -0.151. The smallest absolute Gasteiger partial charge is 0.371 e. The van der Waals surface area contributed by atoms with Crippen LogP contribution in [0.4, 0.5) is 0 Å². The first kappa shape index (κ1) is 8.16. The first-order valence-electron chi connectivity index (χ1n) is 4.31. The molecule has 0 atom stereocenters. The number of ether oxygens (including phenoxy) is 2. The maximum atomic E-state index is 10.7. The SMILES string of the molecule is O=C(O)c1cc2ccc3c(c2o1)OCO3. The molecule has 15 heavy (non-hydrogen) atoms. The lowest BCUT2D eigenvalue weighted by Crippen LogP contribution is -1.93. The van der Waals surface area contributed by atoms with Crippen LogP contribution in [-0.2, 0) is 0 Å². The molecule has 1 aromatic heterocycles. The zero-order valence-electron chi connectivity index (χ0n) is 7.52. The zero-order valence-corrected chi connectivity index (χ0v) is 7.52. The molecule has 5 nitrogen and oxygen atoms in total. The first-order valence-corrected chi connectivity index (χ1v) is 4.31. The van der Waals surface area contributed by atoms with Gasteiger partial charge in [0, 0.05) is 5.39 Å². The molecule has 0 aliphatic carbocycles. The van der Waals surface area contributed by atoms with Crippen LogP contribution in [0.2, 0.25) is 0 Å². The molecule has 1 aliphatic rings. The highest BCUT2D eigenvalue weighted by molar-refractivity contribution is 5.94. The van der Waals surface area contributed by atoms with Crippen molar-refractivity contribution in [2.75, 3.05) is 6.79 Å². The predicted molar refractivity (Wildman–Crippen MR) is 49.3 cm³/mol. The fraction of sp³-hybridized carbons (Fsp3) is 0.100. The molecule has 0 radical (unpaired) electrons. The number of carboxylic acid groups (broad SMARTS) is 1. The van der Waals surface area contributed by atoms with Crippen molar-refractivity contribution in [2.24, 2.45) is 0 Å². The summed E-state index contributed by atoms with van der Waals surface area (Å²) in [5, 5.41) is 9.46. The molecule has 0 amide bonds. The van der Waals surface area contributed by atoms with E-state index >= 15 is 0 Å². The van der Waals surface area contributed by atoms with E-state index in [-0.39, 0.29) is 12.6 Å². The molecule has 5 heteroatoms. The minimum Gasteiger partial charge on any atom is -0.475 e. The van der Waals surface area contributed by atoms with Crippen LogP contribution in [-0.4, -0.2) is 17.9 Å². The van der Waals surface area contributed by atoms with Crippen molar-refractivity contribution in [3.63, 3.8) is 0 Å². The van der Waals surface area contributed by atoms with E-state index in [0.717, 1.165) is 0 Å². The fourth-order valence-corrected chi connectivity index (χ4v) is 1.57. The molecular formula is C10H6O5. The summed E-state index contributed by atoms with van der Waals surface area (Å²) in [4.78, 5) is 10.7. The Bertz CT molecular complexity index is 554. The zero-order chi connectivity index (χ0) is 10.4. The summed E-state index contributed by atoms with van der Waals surface area (Å²) in [5.41, 5.74) is 0.419. The second-order valence-corrected chi connectivity index (χ2v) is 3.13. The molecule has 2 heterocycles. The van der Waals surface area contributed by atoms with E-state index in [4.69, 9.17) is 19.0 Å². The van der Waals surface area contributed by atoms with E-state index in [1.807, 2.05) is 0 Å². The van der Waals surface area contributed by atoms with Gasteiger partial charge < -0.3 is 19.0 Å². The summed E-state index contributed by atoms with van der Waals surface area (Å²) < 4.78 is 15.5. The topological polar surface area (TPSA) is 68.9 Å². The van der Waals surface area contributed by atoms with Gasteiger partial charge in [-0.15, -0.1) is 0 Å². The summed E-state index contributed by atoms with van der Waals surface area (Å²) >= 11 is 0. The lowest BCUT2D eigenvalue weighted by molar-refractivity contribution is 0.0665. The van der Waals surface area contributed by atoms with Crippen LogP contribution >= 0.6 is 0 Å². The van der Waals surface area contributed by atoms with Crippen molar-refractivity contribution in [1.82, 2.24) is 0 Å². The van der Waals surface area contributed by atoms with Crippen molar-refractivity contribution in [3.05, 3.63) is 24.0 Å². The van der Waals surface area contributed by atoms with Crippen molar-refractivity contribution in [1.29, 1.82) is 0 Å². The molecule has 2 aromatic rings. The Morgan fingerprint density at radius 1 is 1.33 bits per heavy atom. The predicted octanol–water partition coefficient (Wildman–Crippen LogP) is 1.86. The van der Waals surface area contributed by atoms with E-state index in [9.17, 15) is 4.79 Å². The van der Waals surface area contributed by atoms with Gasteiger partial charge in [-0.05, 0) is 18.2 Å². The molecule has 0 saturated heterocycles. The Hall–Kier alpha value is -2.17.